The molecule has 0 saturated heterocycles. The number of anilines is 1. The Balaban J connectivity index is 2.82. The number of nitrogens with two attached hydrogens (primary N) is 1. The first-order chi connectivity index (χ1) is 8.86. The molecule has 0 fully saturated rings. The monoisotopic (exact) mass is 306 g/mol. The van der Waals surface area contributed by atoms with E-state index in [1.807, 2.05) is 0 Å². The molecule has 3 N–H and O–H groups in total. The molecule has 0 heterocycles. The molecule has 0 aliphatic heterocycles. The molecule has 1 amide bonds. The summed E-state index contributed by atoms with van der Waals surface area (Å²) in [5, 5.41) is 10.0. The van der Waals surface area contributed by atoms with E-state index in [0.717, 1.165) is 0 Å². The van der Waals surface area contributed by atoms with Crippen LogP contribution >= 0.6 is 23.2 Å². The Bertz CT molecular complexity index is 445. The fourth-order valence-corrected chi connectivity index (χ4v) is 1.93. The van der Waals surface area contributed by atoms with Gasteiger partial charge in [0.15, 0.2) is 0 Å². The van der Waals surface area contributed by atoms with Gasteiger partial charge in [-0.2, -0.15) is 0 Å². The van der Waals surface area contributed by atoms with Crippen LogP contribution in [0.3, 0.4) is 0 Å². The number of likely N-dealkylation sites (N-methyl/N-ethyl adjacent to an activating group) is 1. The zero-order valence-corrected chi connectivity index (χ0v) is 12.2. The smallest absolute Gasteiger partial charge is 0.253 e. The maximum Gasteiger partial charge on any atom is 0.253 e. The van der Waals surface area contributed by atoms with Gasteiger partial charge in [-0.25, -0.2) is 0 Å². The highest BCUT2D eigenvalue weighted by Gasteiger charge is 2.17. The first-order valence-corrected chi connectivity index (χ1v) is 6.29. The Morgan fingerprint density at radius 2 is 2.16 bits per heavy atom. The number of aliphatic hydroxyl groups excluding tert-OH is 1. The van der Waals surface area contributed by atoms with Gasteiger partial charge < -0.3 is 20.5 Å². The number of ether oxygens (including phenoxy) is 1. The van der Waals surface area contributed by atoms with E-state index in [4.69, 9.17) is 33.7 Å². The lowest BCUT2D eigenvalue weighted by Gasteiger charge is -2.21. The summed E-state index contributed by atoms with van der Waals surface area (Å²) in [7, 11) is 3.05. The van der Waals surface area contributed by atoms with Crippen LogP contribution in [0.4, 0.5) is 5.69 Å². The van der Waals surface area contributed by atoms with Crippen LogP contribution in [0.5, 0.6) is 0 Å². The van der Waals surface area contributed by atoms with Crippen LogP contribution in [0.15, 0.2) is 12.1 Å². The van der Waals surface area contributed by atoms with Gasteiger partial charge >= 0.3 is 0 Å². The second kappa shape index (κ2) is 6.96. The molecule has 0 bridgehead atoms. The van der Waals surface area contributed by atoms with Crippen molar-refractivity contribution < 1.29 is 14.6 Å². The van der Waals surface area contributed by atoms with E-state index in [1.165, 1.54) is 24.1 Å². The second-order valence-corrected chi connectivity index (χ2v) is 4.94. The summed E-state index contributed by atoms with van der Waals surface area (Å²) in [6.45, 7) is 0.300. The molecule has 1 atom stereocenters. The van der Waals surface area contributed by atoms with Crippen LogP contribution in [-0.4, -0.2) is 49.3 Å². The van der Waals surface area contributed by atoms with Crippen molar-refractivity contribution >= 4 is 34.8 Å². The fraction of sp³-hybridized carbons (Fsp3) is 0.417. The van der Waals surface area contributed by atoms with Crippen molar-refractivity contribution in [3.63, 3.8) is 0 Å². The molecular weight excluding hydrogens is 291 g/mol. The van der Waals surface area contributed by atoms with Crippen LogP contribution in [0.25, 0.3) is 0 Å². The average Bonchev–Trinajstić information content (AvgIpc) is 2.34. The maximum absolute atomic E-state index is 12.1. The minimum atomic E-state index is -0.751. The summed E-state index contributed by atoms with van der Waals surface area (Å²) >= 11 is 11.7. The van der Waals surface area contributed by atoms with E-state index in [1.54, 1.807) is 7.05 Å². The van der Waals surface area contributed by atoms with Crippen molar-refractivity contribution in [1.82, 2.24) is 4.90 Å². The number of halogens is 2. The number of nitrogen functional groups attached to an aromatic ring is 1. The van der Waals surface area contributed by atoms with E-state index in [-0.39, 0.29) is 34.8 Å². The Hall–Kier alpha value is -1.01. The number of carbonyl (C=O) groups is 1. The molecule has 0 saturated carbocycles. The minimum absolute atomic E-state index is 0.146. The first-order valence-electron chi connectivity index (χ1n) is 5.53. The number of amides is 1. The summed E-state index contributed by atoms with van der Waals surface area (Å²) in [6.07, 6.45) is -0.751. The van der Waals surface area contributed by atoms with Gasteiger partial charge in [-0.05, 0) is 12.1 Å². The van der Waals surface area contributed by atoms with Gasteiger partial charge in [0.1, 0.15) is 0 Å². The molecule has 0 aliphatic carbocycles. The molecule has 106 valence electrons. The van der Waals surface area contributed by atoms with Crippen LogP contribution in [0.2, 0.25) is 10.0 Å². The predicted molar refractivity (Wildman–Crippen MR) is 75.7 cm³/mol. The van der Waals surface area contributed by atoms with Crippen molar-refractivity contribution in [2.24, 2.45) is 0 Å². The van der Waals surface area contributed by atoms with Crippen molar-refractivity contribution in [3.8, 4) is 0 Å². The normalized spacial score (nSPS) is 12.3. The summed E-state index contributed by atoms with van der Waals surface area (Å²) in [6, 6.07) is 2.90. The summed E-state index contributed by atoms with van der Waals surface area (Å²) in [5.41, 5.74) is 6.21. The van der Waals surface area contributed by atoms with Gasteiger partial charge in [0.2, 0.25) is 0 Å². The molecule has 0 radical (unpaired) electrons. The fourth-order valence-electron chi connectivity index (χ4n) is 1.60. The van der Waals surface area contributed by atoms with Crippen molar-refractivity contribution in [2.75, 3.05) is 33.0 Å². The van der Waals surface area contributed by atoms with E-state index < -0.39 is 6.10 Å². The molecule has 1 rings (SSSR count). The lowest BCUT2D eigenvalue weighted by Crippen LogP contribution is -2.36. The summed E-state index contributed by atoms with van der Waals surface area (Å²) < 4.78 is 4.80. The number of hydrogen-bond donors (Lipinski definition) is 2. The van der Waals surface area contributed by atoms with Gasteiger partial charge in [-0.15, -0.1) is 0 Å². The van der Waals surface area contributed by atoms with Gasteiger partial charge in [0, 0.05) is 26.3 Å². The van der Waals surface area contributed by atoms with Crippen molar-refractivity contribution in [3.05, 3.63) is 27.7 Å². The van der Waals surface area contributed by atoms with Crippen LogP contribution < -0.4 is 5.73 Å². The second-order valence-electron chi connectivity index (χ2n) is 4.16. The lowest BCUT2D eigenvalue weighted by atomic mass is 10.1. The Morgan fingerprint density at radius 3 is 2.68 bits per heavy atom. The molecule has 1 aromatic rings. The largest absolute Gasteiger partial charge is 0.397 e. The number of methoxy groups -OCH3 is 1. The Morgan fingerprint density at radius 1 is 1.53 bits per heavy atom. The van der Waals surface area contributed by atoms with Crippen LogP contribution in [0, 0.1) is 0 Å². The SMILES string of the molecule is COCC(O)CN(C)C(=O)c1cc(N)c(Cl)c(Cl)c1. The highest BCUT2D eigenvalue weighted by atomic mass is 35.5. The molecule has 7 heteroatoms. The Labute approximate surface area is 121 Å². The van der Waals surface area contributed by atoms with Gasteiger partial charge in [-0.3, -0.25) is 4.79 Å². The van der Waals surface area contributed by atoms with E-state index >= 15 is 0 Å². The zero-order chi connectivity index (χ0) is 14.6. The maximum atomic E-state index is 12.1. The molecule has 1 aromatic carbocycles. The number of nitrogens with zero attached hydrogens (tertiary/aromatic N) is 1. The first kappa shape index (κ1) is 16.0. The number of hydrogen-bond acceptors (Lipinski definition) is 4. The lowest BCUT2D eigenvalue weighted by molar-refractivity contribution is 0.0380. The third-order valence-corrected chi connectivity index (χ3v) is 3.31. The molecule has 0 spiro atoms. The van der Waals surface area contributed by atoms with Gasteiger partial charge in [-0.1, -0.05) is 23.2 Å². The van der Waals surface area contributed by atoms with Crippen molar-refractivity contribution in [1.29, 1.82) is 0 Å². The van der Waals surface area contributed by atoms with E-state index in [2.05, 4.69) is 0 Å². The topological polar surface area (TPSA) is 75.8 Å². The third-order valence-electron chi connectivity index (χ3n) is 2.49. The molecular formula is C12H16Cl2N2O3. The predicted octanol–water partition coefficient (Wildman–Crippen LogP) is 1.65. The number of carbonyl (C=O) groups excluding carboxylic acids is 1. The quantitative estimate of drug-likeness (QED) is 0.811. The van der Waals surface area contributed by atoms with E-state index in [9.17, 15) is 9.90 Å². The van der Waals surface area contributed by atoms with Crippen molar-refractivity contribution in [2.45, 2.75) is 6.10 Å². The highest BCUT2D eigenvalue weighted by Crippen LogP contribution is 2.29. The summed E-state index contributed by atoms with van der Waals surface area (Å²) in [4.78, 5) is 13.5. The number of rotatable bonds is 5. The average molecular weight is 307 g/mol. The highest BCUT2D eigenvalue weighted by molar-refractivity contribution is 6.43. The van der Waals surface area contributed by atoms with E-state index in [0.29, 0.717) is 5.56 Å². The van der Waals surface area contributed by atoms with Crippen LogP contribution in [-0.2, 0) is 4.74 Å². The summed E-state index contributed by atoms with van der Waals surface area (Å²) in [5.74, 6) is -0.305. The standard InChI is InChI=1S/C12H16Cl2N2O3/c1-16(5-8(17)6-19-2)12(18)7-3-9(13)11(14)10(15)4-7/h3-4,8,17H,5-6,15H2,1-2H3. The molecule has 5 nitrogen and oxygen atoms in total. The Kier molecular flexibility index (Phi) is 5.87. The van der Waals surface area contributed by atoms with Gasteiger partial charge in [0.25, 0.3) is 5.91 Å². The van der Waals surface area contributed by atoms with Crippen LogP contribution in [0.1, 0.15) is 10.4 Å². The third kappa shape index (κ3) is 4.24. The molecule has 1 unspecified atom stereocenters. The molecule has 0 aliphatic rings. The molecule has 19 heavy (non-hydrogen) atoms. The molecule has 0 aromatic heterocycles. The number of benzene rings is 1. The zero-order valence-electron chi connectivity index (χ0n) is 10.7. The van der Waals surface area contributed by atoms with Gasteiger partial charge in [0.05, 0.1) is 28.4 Å². The number of aliphatic hydroxyl groups is 1. The minimum Gasteiger partial charge on any atom is -0.397 e.